The molecule has 0 radical (unpaired) electrons. The molecule has 4 heterocycles. The zero-order valence-electron chi connectivity index (χ0n) is 21.6. The van der Waals surface area contributed by atoms with Gasteiger partial charge in [0.2, 0.25) is 0 Å². The molecule has 10 heteroatoms. The molecule has 198 valence electrons. The number of thiazole rings is 1. The van der Waals surface area contributed by atoms with E-state index in [0.29, 0.717) is 11.4 Å². The van der Waals surface area contributed by atoms with Gasteiger partial charge in [-0.25, -0.2) is 4.98 Å². The summed E-state index contributed by atoms with van der Waals surface area (Å²) in [7, 11) is 0. The zero-order valence-corrected chi connectivity index (χ0v) is 24.0. The van der Waals surface area contributed by atoms with Crippen molar-refractivity contribution in [1.82, 2.24) is 29.5 Å². The van der Waals surface area contributed by atoms with Crippen molar-refractivity contribution in [2.75, 3.05) is 26.2 Å². The molecule has 0 aliphatic carbocycles. The summed E-state index contributed by atoms with van der Waals surface area (Å²) in [5.74, 6) is 1.47. The summed E-state index contributed by atoms with van der Waals surface area (Å²) in [5.41, 5.74) is 4.05. The van der Waals surface area contributed by atoms with Crippen LogP contribution in [0.15, 0.2) is 82.6 Å². The smallest absolute Gasteiger partial charge is 0.273 e. The van der Waals surface area contributed by atoms with Crippen molar-refractivity contribution in [3.63, 3.8) is 0 Å². The zero-order chi connectivity index (χ0) is 26.6. The number of amides is 1. The van der Waals surface area contributed by atoms with Crippen LogP contribution in [-0.4, -0.2) is 61.6 Å². The highest BCUT2D eigenvalue weighted by Gasteiger charge is 2.24. The number of hydrogen-bond donors (Lipinski definition) is 0. The van der Waals surface area contributed by atoms with Crippen LogP contribution in [0, 0.1) is 6.92 Å². The molecular weight excluding hydrogens is 545 g/mol. The molecule has 2 aromatic carbocycles. The Bertz CT molecular complexity index is 1540. The van der Waals surface area contributed by atoms with E-state index in [-0.39, 0.29) is 5.91 Å². The number of thiophene rings is 1. The first kappa shape index (κ1) is 25.9. The number of nitrogens with zero attached hydrogens (tertiary/aromatic N) is 6. The fourth-order valence-electron chi connectivity index (χ4n) is 4.64. The van der Waals surface area contributed by atoms with Crippen LogP contribution in [0.4, 0.5) is 0 Å². The van der Waals surface area contributed by atoms with Crippen LogP contribution in [0.1, 0.15) is 26.6 Å². The second kappa shape index (κ2) is 11.8. The average Bonchev–Trinajstić information content (AvgIpc) is 3.74. The molecule has 3 aromatic heterocycles. The molecule has 1 aliphatic heterocycles. The van der Waals surface area contributed by atoms with Gasteiger partial charge in [0.15, 0.2) is 11.0 Å². The summed E-state index contributed by atoms with van der Waals surface area (Å²) in [6.45, 7) is 6.19. The summed E-state index contributed by atoms with van der Waals surface area (Å²) in [6, 6.07) is 22.9. The minimum atomic E-state index is 0.0183. The van der Waals surface area contributed by atoms with Gasteiger partial charge < -0.3 is 4.90 Å². The average molecular weight is 573 g/mol. The maximum absolute atomic E-state index is 13.2. The molecule has 0 atom stereocenters. The van der Waals surface area contributed by atoms with E-state index in [1.54, 1.807) is 23.1 Å². The molecule has 0 saturated carbocycles. The van der Waals surface area contributed by atoms with Gasteiger partial charge in [0, 0.05) is 38.1 Å². The van der Waals surface area contributed by atoms with E-state index in [9.17, 15) is 4.79 Å². The van der Waals surface area contributed by atoms with E-state index in [2.05, 4.69) is 86.6 Å². The van der Waals surface area contributed by atoms with Crippen LogP contribution < -0.4 is 0 Å². The molecule has 0 N–H and O–H groups in total. The van der Waals surface area contributed by atoms with E-state index in [0.717, 1.165) is 59.3 Å². The van der Waals surface area contributed by atoms with E-state index >= 15 is 0 Å². The predicted molar refractivity (Wildman–Crippen MR) is 159 cm³/mol. The first-order chi connectivity index (χ1) is 19.1. The number of benzene rings is 2. The Kier molecular flexibility index (Phi) is 7.87. The van der Waals surface area contributed by atoms with E-state index < -0.39 is 0 Å². The summed E-state index contributed by atoms with van der Waals surface area (Å²) in [6.07, 6.45) is 0. The summed E-state index contributed by atoms with van der Waals surface area (Å²) >= 11 is 4.77. The summed E-state index contributed by atoms with van der Waals surface area (Å²) in [4.78, 5) is 23.3. The third-order valence-electron chi connectivity index (χ3n) is 6.64. The Hall–Kier alpha value is -3.31. The third-order valence-corrected chi connectivity index (χ3v) is 9.48. The van der Waals surface area contributed by atoms with Crippen LogP contribution in [0.25, 0.3) is 16.4 Å². The van der Waals surface area contributed by atoms with Gasteiger partial charge in [-0.3, -0.25) is 14.3 Å². The monoisotopic (exact) mass is 572 g/mol. The van der Waals surface area contributed by atoms with Crippen LogP contribution in [0.3, 0.4) is 0 Å². The standard InChI is InChI=1S/C29H28N6OS3/c1-21-7-5-10-23(17-21)35-27(25-11-6-16-37-25)31-32-29(35)39-20-26-30-24(19-38-26)28(36)34-14-12-33(13-15-34)18-22-8-3-2-4-9-22/h2-11,16-17,19H,12-15,18,20H2,1H3. The van der Waals surface area contributed by atoms with Crippen LogP contribution in [-0.2, 0) is 12.3 Å². The first-order valence-electron chi connectivity index (χ1n) is 12.8. The van der Waals surface area contributed by atoms with Crippen molar-refractivity contribution in [3.05, 3.63) is 99.3 Å². The molecule has 1 saturated heterocycles. The molecule has 0 unspecified atom stereocenters. The quantitative estimate of drug-likeness (QED) is 0.212. The number of aromatic nitrogens is 4. The highest BCUT2D eigenvalue weighted by Crippen LogP contribution is 2.32. The molecule has 1 aliphatic rings. The third kappa shape index (κ3) is 5.99. The van der Waals surface area contributed by atoms with Crippen molar-refractivity contribution in [3.8, 4) is 16.4 Å². The maximum Gasteiger partial charge on any atom is 0.273 e. The Morgan fingerprint density at radius 1 is 0.949 bits per heavy atom. The lowest BCUT2D eigenvalue weighted by Crippen LogP contribution is -2.48. The minimum Gasteiger partial charge on any atom is -0.335 e. The number of carbonyl (C=O) groups is 1. The Morgan fingerprint density at radius 2 is 1.79 bits per heavy atom. The largest absolute Gasteiger partial charge is 0.335 e. The van der Waals surface area contributed by atoms with Gasteiger partial charge in [0.25, 0.3) is 5.91 Å². The maximum atomic E-state index is 13.2. The van der Waals surface area contributed by atoms with Crippen LogP contribution in [0.2, 0.25) is 0 Å². The Labute approximate surface area is 240 Å². The van der Waals surface area contributed by atoms with Crippen LogP contribution >= 0.6 is 34.4 Å². The molecule has 39 heavy (non-hydrogen) atoms. The van der Waals surface area contributed by atoms with Crippen molar-refractivity contribution < 1.29 is 4.79 Å². The van der Waals surface area contributed by atoms with Crippen molar-refractivity contribution >= 4 is 40.3 Å². The molecule has 0 bridgehead atoms. The number of carbonyl (C=O) groups excluding carboxylic acids is 1. The van der Waals surface area contributed by atoms with Crippen molar-refractivity contribution in [2.45, 2.75) is 24.4 Å². The van der Waals surface area contributed by atoms with Gasteiger partial charge in [0.1, 0.15) is 10.7 Å². The van der Waals surface area contributed by atoms with Gasteiger partial charge in [-0.05, 0) is 41.6 Å². The lowest BCUT2D eigenvalue weighted by atomic mass is 10.2. The highest BCUT2D eigenvalue weighted by molar-refractivity contribution is 7.98. The van der Waals surface area contributed by atoms with Gasteiger partial charge >= 0.3 is 0 Å². The van der Waals surface area contributed by atoms with Gasteiger partial charge in [-0.2, -0.15) is 0 Å². The first-order valence-corrected chi connectivity index (χ1v) is 15.6. The second-order valence-corrected chi connectivity index (χ2v) is 12.3. The Morgan fingerprint density at radius 3 is 2.56 bits per heavy atom. The second-order valence-electron chi connectivity index (χ2n) is 9.43. The number of piperazine rings is 1. The van der Waals surface area contributed by atoms with Gasteiger partial charge in [-0.15, -0.1) is 32.9 Å². The molecular formula is C29H28N6OS3. The fourth-order valence-corrected chi connectivity index (χ4v) is 7.08. The molecule has 7 nitrogen and oxygen atoms in total. The lowest BCUT2D eigenvalue weighted by molar-refractivity contribution is 0.0623. The predicted octanol–water partition coefficient (Wildman–Crippen LogP) is 6.01. The number of aryl methyl sites for hydroxylation is 1. The van der Waals surface area contributed by atoms with Gasteiger partial charge in [-0.1, -0.05) is 60.3 Å². The summed E-state index contributed by atoms with van der Waals surface area (Å²) in [5, 5.41) is 14.7. The Balaban J connectivity index is 1.11. The number of thioether (sulfide) groups is 1. The molecule has 6 rings (SSSR count). The van der Waals surface area contributed by atoms with E-state index in [1.165, 1.54) is 22.5 Å². The summed E-state index contributed by atoms with van der Waals surface area (Å²) < 4.78 is 2.11. The molecule has 1 fully saturated rings. The minimum absolute atomic E-state index is 0.0183. The van der Waals surface area contributed by atoms with E-state index in [4.69, 9.17) is 4.98 Å². The van der Waals surface area contributed by atoms with Gasteiger partial charge in [0.05, 0.1) is 16.3 Å². The highest BCUT2D eigenvalue weighted by atomic mass is 32.2. The SMILES string of the molecule is Cc1cccc(-n2c(SCc3nc(C(=O)N4CCN(Cc5ccccc5)CC4)cs3)nnc2-c2cccs2)c1. The van der Waals surface area contributed by atoms with Crippen molar-refractivity contribution in [2.24, 2.45) is 0 Å². The lowest BCUT2D eigenvalue weighted by Gasteiger charge is -2.34. The number of rotatable bonds is 8. The molecule has 1 amide bonds. The van der Waals surface area contributed by atoms with E-state index in [1.807, 2.05) is 22.4 Å². The topological polar surface area (TPSA) is 67.2 Å². The fraction of sp³-hybridized carbons (Fsp3) is 0.241. The molecule has 5 aromatic rings. The number of hydrogen-bond acceptors (Lipinski definition) is 8. The molecule has 0 spiro atoms. The normalized spacial score (nSPS) is 14.1. The van der Waals surface area contributed by atoms with Crippen molar-refractivity contribution in [1.29, 1.82) is 0 Å². The van der Waals surface area contributed by atoms with Crippen LogP contribution in [0.5, 0.6) is 0 Å².